The quantitative estimate of drug-likeness (QED) is 0.791. The molecular formula is C13H16BrNO5. The van der Waals surface area contributed by atoms with Crippen LogP contribution in [0.3, 0.4) is 0 Å². The first kappa shape index (κ1) is 16.3. The molecule has 0 aliphatic carbocycles. The van der Waals surface area contributed by atoms with Gasteiger partial charge in [0, 0.05) is 6.92 Å². The Balaban J connectivity index is 2.71. The number of hydrogen-bond acceptors (Lipinski definition) is 5. The Bertz CT molecular complexity index is 492. The van der Waals surface area contributed by atoms with Gasteiger partial charge < -0.3 is 19.5 Å². The number of methoxy groups -OCH3 is 2. The third-order valence-electron chi connectivity index (χ3n) is 2.41. The molecule has 0 aromatic heterocycles. The van der Waals surface area contributed by atoms with Gasteiger partial charge in [-0.3, -0.25) is 4.79 Å². The van der Waals surface area contributed by atoms with Gasteiger partial charge >= 0.3 is 5.97 Å². The molecule has 0 bridgehead atoms. The van der Waals surface area contributed by atoms with Crippen LogP contribution < -0.4 is 14.8 Å². The van der Waals surface area contributed by atoms with Crippen LogP contribution in [0.5, 0.6) is 11.5 Å². The largest absolute Gasteiger partial charge is 0.497 e. The van der Waals surface area contributed by atoms with Crippen LogP contribution in [0.15, 0.2) is 22.7 Å². The first-order chi connectivity index (χ1) is 9.47. The first-order valence-electron chi connectivity index (χ1n) is 5.79. The van der Waals surface area contributed by atoms with E-state index in [1.165, 1.54) is 14.0 Å². The van der Waals surface area contributed by atoms with Crippen molar-refractivity contribution in [2.75, 3.05) is 20.8 Å². The number of rotatable bonds is 6. The number of carbonyl (C=O) groups excluding carboxylic acids is 2. The molecule has 0 saturated heterocycles. The van der Waals surface area contributed by atoms with Crippen LogP contribution in [0.1, 0.15) is 6.92 Å². The number of esters is 1. The summed E-state index contributed by atoms with van der Waals surface area (Å²) in [7, 11) is 2.81. The second kappa shape index (κ2) is 7.74. The summed E-state index contributed by atoms with van der Waals surface area (Å²) in [5.41, 5.74) is 0. The number of halogens is 1. The molecule has 1 atom stereocenters. The van der Waals surface area contributed by atoms with Crippen molar-refractivity contribution in [2.24, 2.45) is 0 Å². The van der Waals surface area contributed by atoms with Crippen LogP contribution in [0.25, 0.3) is 0 Å². The zero-order valence-corrected chi connectivity index (χ0v) is 13.0. The minimum absolute atomic E-state index is 0.0306. The summed E-state index contributed by atoms with van der Waals surface area (Å²) in [4.78, 5) is 22.5. The molecule has 1 N–H and O–H groups in total. The normalized spacial score (nSPS) is 11.4. The fourth-order valence-corrected chi connectivity index (χ4v) is 1.93. The zero-order chi connectivity index (χ0) is 15.1. The van der Waals surface area contributed by atoms with E-state index in [0.29, 0.717) is 16.0 Å². The van der Waals surface area contributed by atoms with Crippen LogP contribution in [0.4, 0.5) is 0 Å². The van der Waals surface area contributed by atoms with Crippen molar-refractivity contribution in [3.63, 3.8) is 0 Å². The maximum atomic E-state index is 11.5. The molecule has 0 heterocycles. The van der Waals surface area contributed by atoms with E-state index in [2.05, 4.69) is 26.0 Å². The summed E-state index contributed by atoms with van der Waals surface area (Å²) in [6.07, 6.45) is 0. The lowest BCUT2D eigenvalue weighted by Gasteiger charge is -2.17. The number of amides is 1. The minimum atomic E-state index is -0.855. The van der Waals surface area contributed by atoms with E-state index < -0.39 is 12.0 Å². The van der Waals surface area contributed by atoms with Gasteiger partial charge in [0.2, 0.25) is 5.91 Å². The number of benzene rings is 1. The molecule has 6 nitrogen and oxygen atoms in total. The molecule has 20 heavy (non-hydrogen) atoms. The minimum Gasteiger partial charge on any atom is -0.497 e. The molecular weight excluding hydrogens is 330 g/mol. The van der Waals surface area contributed by atoms with Gasteiger partial charge in [0.25, 0.3) is 0 Å². The molecule has 0 aliphatic heterocycles. The first-order valence-corrected chi connectivity index (χ1v) is 6.58. The Labute approximate surface area is 125 Å². The van der Waals surface area contributed by atoms with Crippen molar-refractivity contribution in [3.05, 3.63) is 22.7 Å². The van der Waals surface area contributed by atoms with Crippen molar-refractivity contribution in [3.8, 4) is 11.5 Å². The SMILES string of the molecule is COC(=O)C(COc1ccc(OC)cc1Br)NC(C)=O. The summed E-state index contributed by atoms with van der Waals surface area (Å²) in [6, 6.07) is 4.31. The van der Waals surface area contributed by atoms with Gasteiger partial charge in [-0.05, 0) is 34.1 Å². The summed E-state index contributed by atoms with van der Waals surface area (Å²) in [6.45, 7) is 1.29. The summed E-state index contributed by atoms with van der Waals surface area (Å²) < 4.78 is 15.9. The van der Waals surface area contributed by atoms with Crippen molar-refractivity contribution in [2.45, 2.75) is 13.0 Å². The Morgan fingerprint density at radius 2 is 2.05 bits per heavy atom. The molecule has 0 radical (unpaired) electrons. The van der Waals surface area contributed by atoms with Crippen LogP contribution in [-0.2, 0) is 14.3 Å². The molecule has 7 heteroatoms. The summed E-state index contributed by atoms with van der Waals surface area (Å²) in [5, 5.41) is 2.46. The van der Waals surface area contributed by atoms with E-state index in [1.807, 2.05) is 0 Å². The van der Waals surface area contributed by atoms with E-state index in [4.69, 9.17) is 9.47 Å². The Hall–Kier alpha value is -1.76. The molecule has 0 spiro atoms. The van der Waals surface area contributed by atoms with Gasteiger partial charge in [0.15, 0.2) is 6.04 Å². The van der Waals surface area contributed by atoms with E-state index >= 15 is 0 Å². The molecule has 0 aliphatic rings. The van der Waals surface area contributed by atoms with Crippen LogP contribution in [-0.4, -0.2) is 38.7 Å². The topological polar surface area (TPSA) is 73.9 Å². The average Bonchev–Trinajstić information content (AvgIpc) is 2.43. The molecule has 1 aromatic carbocycles. The number of nitrogens with one attached hydrogen (secondary N) is 1. The second-order valence-electron chi connectivity index (χ2n) is 3.88. The number of carbonyl (C=O) groups is 2. The Morgan fingerprint density at radius 3 is 2.55 bits per heavy atom. The molecule has 1 aromatic rings. The fraction of sp³-hybridized carbons (Fsp3) is 0.385. The summed E-state index contributed by atoms with van der Waals surface area (Å²) >= 11 is 3.33. The van der Waals surface area contributed by atoms with Crippen LogP contribution in [0.2, 0.25) is 0 Å². The maximum absolute atomic E-state index is 11.5. The van der Waals surface area contributed by atoms with Crippen molar-refractivity contribution in [1.82, 2.24) is 5.32 Å². The zero-order valence-electron chi connectivity index (χ0n) is 11.4. The molecule has 1 amide bonds. The van der Waals surface area contributed by atoms with E-state index in [1.54, 1.807) is 25.3 Å². The molecule has 1 rings (SSSR count). The fourth-order valence-electron chi connectivity index (χ4n) is 1.45. The third kappa shape index (κ3) is 4.73. The Morgan fingerprint density at radius 1 is 1.35 bits per heavy atom. The lowest BCUT2D eigenvalue weighted by Crippen LogP contribution is -2.44. The molecule has 0 saturated carbocycles. The molecule has 110 valence electrons. The van der Waals surface area contributed by atoms with Crippen molar-refractivity contribution < 1.29 is 23.8 Å². The lowest BCUT2D eigenvalue weighted by atomic mass is 10.3. The van der Waals surface area contributed by atoms with Gasteiger partial charge in [-0.1, -0.05) is 0 Å². The summed E-state index contributed by atoms with van der Waals surface area (Å²) in [5.74, 6) is 0.309. The van der Waals surface area contributed by atoms with Gasteiger partial charge in [-0.2, -0.15) is 0 Å². The highest BCUT2D eigenvalue weighted by Crippen LogP contribution is 2.29. The highest BCUT2D eigenvalue weighted by Gasteiger charge is 2.21. The smallest absolute Gasteiger partial charge is 0.331 e. The Kier molecular flexibility index (Phi) is 6.30. The number of ether oxygens (including phenoxy) is 3. The van der Waals surface area contributed by atoms with Crippen LogP contribution >= 0.6 is 15.9 Å². The van der Waals surface area contributed by atoms with E-state index in [0.717, 1.165) is 0 Å². The standard InChI is InChI=1S/C13H16BrNO5/c1-8(16)15-11(13(17)19-3)7-20-12-5-4-9(18-2)6-10(12)14/h4-6,11H,7H2,1-3H3,(H,15,16). The molecule has 0 fully saturated rings. The predicted molar refractivity (Wildman–Crippen MR) is 75.8 cm³/mol. The highest BCUT2D eigenvalue weighted by molar-refractivity contribution is 9.10. The van der Waals surface area contributed by atoms with Gasteiger partial charge in [-0.25, -0.2) is 4.79 Å². The number of hydrogen-bond donors (Lipinski definition) is 1. The highest BCUT2D eigenvalue weighted by atomic mass is 79.9. The van der Waals surface area contributed by atoms with Gasteiger partial charge in [-0.15, -0.1) is 0 Å². The van der Waals surface area contributed by atoms with E-state index in [-0.39, 0.29) is 12.5 Å². The molecule has 1 unspecified atom stereocenters. The maximum Gasteiger partial charge on any atom is 0.331 e. The average molecular weight is 346 g/mol. The van der Waals surface area contributed by atoms with Crippen LogP contribution in [0, 0.1) is 0 Å². The second-order valence-corrected chi connectivity index (χ2v) is 4.74. The van der Waals surface area contributed by atoms with Crippen molar-refractivity contribution in [1.29, 1.82) is 0 Å². The third-order valence-corrected chi connectivity index (χ3v) is 3.03. The van der Waals surface area contributed by atoms with E-state index in [9.17, 15) is 9.59 Å². The van der Waals surface area contributed by atoms with Crippen molar-refractivity contribution >= 4 is 27.8 Å². The lowest BCUT2D eigenvalue weighted by molar-refractivity contribution is -0.145. The predicted octanol–water partition coefficient (Wildman–Crippen LogP) is 1.51. The monoisotopic (exact) mass is 345 g/mol. The van der Waals surface area contributed by atoms with Gasteiger partial charge in [0.05, 0.1) is 18.7 Å². The van der Waals surface area contributed by atoms with Gasteiger partial charge in [0.1, 0.15) is 18.1 Å².